The minimum absolute atomic E-state index is 0.00355. The van der Waals surface area contributed by atoms with Crippen molar-refractivity contribution in [3.8, 4) is 0 Å². The van der Waals surface area contributed by atoms with Crippen molar-refractivity contribution in [2.75, 3.05) is 0 Å². The Morgan fingerprint density at radius 1 is 1.42 bits per heavy atom. The topological polar surface area (TPSA) is 101 Å². The third-order valence-electron chi connectivity index (χ3n) is 3.26. The van der Waals surface area contributed by atoms with Crippen LogP contribution < -0.4 is 5.56 Å². The van der Waals surface area contributed by atoms with Gasteiger partial charge in [-0.1, -0.05) is 0 Å². The van der Waals surface area contributed by atoms with Gasteiger partial charge in [-0.15, -0.1) is 0 Å². The maximum atomic E-state index is 12.9. The average Bonchev–Trinajstić information content (AvgIpc) is 2.81. The van der Waals surface area contributed by atoms with E-state index in [2.05, 4.69) is 15.1 Å². The summed E-state index contributed by atoms with van der Waals surface area (Å²) in [6.07, 6.45) is -2.01. The van der Waals surface area contributed by atoms with E-state index in [0.717, 1.165) is 10.8 Å². The molecule has 0 aromatic carbocycles. The van der Waals surface area contributed by atoms with Crippen molar-refractivity contribution in [1.29, 1.82) is 0 Å². The lowest BCUT2D eigenvalue weighted by molar-refractivity contribution is -0.138. The number of rotatable bonds is 4. The molecule has 0 aliphatic heterocycles. The Kier molecular flexibility index (Phi) is 4.58. The molecule has 2 aromatic rings. The molecular weight excluding hydrogens is 329 g/mol. The minimum atomic E-state index is -4.56. The number of carboxylic acids is 1. The van der Waals surface area contributed by atoms with E-state index in [1.165, 1.54) is 20.0 Å². The highest BCUT2D eigenvalue weighted by molar-refractivity contribution is 5.71. The smallest absolute Gasteiger partial charge is 0.420 e. The van der Waals surface area contributed by atoms with E-state index in [1.54, 1.807) is 0 Å². The van der Waals surface area contributed by atoms with Gasteiger partial charge in [0, 0.05) is 18.3 Å². The highest BCUT2D eigenvalue weighted by Crippen LogP contribution is 2.32. The molecule has 0 amide bonds. The quantitative estimate of drug-likeness (QED) is 0.879. The van der Waals surface area contributed by atoms with E-state index in [4.69, 9.17) is 5.11 Å². The molecule has 128 valence electrons. The zero-order valence-electron chi connectivity index (χ0n) is 12.7. The Balaban J connectivity index is 2.40. The number of aromatic amines is 1. The number of H-pyrrole nitrogens is 1. The van der Waals surface area contributed by atoms with Crippen LogP contribution in [0.4, 0.5) is 13.2 Å². The van der Waals surface area contributed by atoms with Gasteiger partial charge >= 0.3 is 12.1 Å². The van der Waals surface area contributed by atoms with Crippen molar-refractivity contribution < 1.29 is 23.1 Å². The second kappa shape index (κ2) is 6.30. The number of halogens is 3. The number of aryl methyl sites for hydroxylation is 2. The maximum absolute atomic E-state index is 12.9. The Morgan fingerprint density at radius 3 is 2.62 bits per heavy atom. The van der Waals surface area contributed by atoms with Gasteiger partial charge in [0.1, 0.15) is 11.4 Å². The number of nitrogens with one attached hydrogen (secondary N) is 1. The van der Waals surface area contributed by atoms with Gasteiger partial charge in [-0.25, -0.2) is 4.98 Å². The van der Waals surface area contributed by atoms with Crippen molar-refractivity contribution >= 4 is 18.1 Å². The number of carboxylic acid groups (broad SMARTS) is 1. The van der Waals surface area contributed by atoms with Gasteiger partial charge in [0.25, 0.3) is 5.56 Å². The minimum Gasteiger partial charge on any atom is -0.481 e. The summed E-state index contributed by atoms with van der Waals surface area (Å²) in [6.45, 7) is 1.45. The molecule has 0 radical (unpaired) electrons. The number of aliphatic carboxylic acids is 1. The number of nitrogens with zero attached hydrogens (tertiary/aromatic N) is 3. The zero-order chi connectivity index (χ0) is 18.1. The van der Waals surface area contributed by atoms with Crippen LogP contribution in [0.2, 0.25) is 0 Å². The largest absolute Gasteiger partial charge is 0.481 e. The molecule has 2 rings (SSSR count). The Morgan fingerprint density at radius 2 is 2.08 bits per heavy atom. The highest BCUT2D eigenvalue weighted by atomic mass is 19.4. The summed E-state index contributed by atoms with van der Waals surface area (Å²) in [6, 6.07) is 0. The lowest BCUT2D eigenvalue weighted by atomic mass is 10.1. The van der Waals surface area contributed by atoms with Gasteiger partial charge in [-0.2, -0.15) is 18.3 Å². The van der Waals surface area contributed by atoms with Crippen LogP contribution in [0.15, 0.2) is 11.0 Å². The number of aromatic nitrogens is 4. The summed E-state index contributed by atoms with van der Waals surface area (Å²) in [7, 11) is 1.35. The van der Waals surface area contributed by atoms with Crippen molar-refractivity contribution in [2.24, 2.45) is 7.05 Å². The molecule has 24 heavy (non-hydrogen) atoms. The van der Waals surface area contributed by atoms with E-state index in [-0.39, 0.29) is 22.8 Å². The molecule has 10 heteroatoms. The molecule has 7 nitrogen and oxygen atoms in total. The monoisotopic (exact) mass is 342 g/mol. The van der Waals surface area contributed by atoms with Crippen LogP contribution in [-0.4, -0.2) is 30.8 Å². The molecule has 0 spiro atoms. The van der Waals surface area contributed by atoms with Crippen LogP contribution >= 0.6 is 0 Å². The SMILES string of the molecule is Cc1nc(/C=C/c2c(C(F)(F)F)cnn2C)[nH]c(=O)c1CC(=O)O. The van der Waals surface area contributed by atoms with Gasteiger partial charge in [0.2, 0.25) is 0 Å². The van der Waals surface area contributed by atoms with Crippen LogP contribution in [-0.2, 0) is 24.4 Å². The Labute approximate surface area is 133 Å². The summed E-state index contributed by atoms with van der Waals surface area (Å²) in [5, 5.41) is 12.3. The predicted molar refractivity (Wildman–Crippen MR) is 78.1 cm³/mol. The molecule has 0 unspecified atom stereocenters. The number of alkyl halides is 3. The van der Waals surface area contributed by atoms with Gasteiger partial charge in [-0.05, 0) is 19.1 Å². The fourth-order valence-corrected chi connectivity index (χ4v) is 2.09. The summed E-state index contributed by atoms with van der Waals surface area (Å²) in [4.78, 5) is 28.9. The summed E-state index contributed by atoms with van der Waals surface area (Å²) >= 11 is 0. The van der Waals surface area contributed by atoms with Gasteiger partial charge < -0.3 is 10.1 Å². The highest BCUT2D eigenvalue weighted by Gasteiger charge is 2.35. The van der Waals surface area contributed by atoms with Crippen molar-refractivity contribution in [3.05, 3.63) is 44.9 Å². The molecular formula is C14H13F3N4O3. The van der Waals surface area contributed by atoms with Crippen LogP contribution in [0.5, 0.6) is 0 Å². The van der Waals surface area contributed by atoms with E-state index >= 15 is 0 Å². The molecule has 0 fully saturated rings. The van der Waals surface area contributed by atoms with E-state index in [9.17, 15) is 22.8 Å². The van der Waals surface area contributed by atoms with Crippen LogP contribution in [0.25, 0.3) is 12.2 Å². The van der Waals surface area contributed by atoms with E-state index in [1.807, 2.05) is 0 Å². The zero-order valence-corrected chi connectivity index (χ0v) is 12.7. The van der Waals surface area contributed by atoms with Gasteiger partial charge in [0.15, 0.2) is 0 Å². The molecule has 0 aliphatic rings. The fourth-order valence-electron chi connectivity index (χ4n) is 2.09. The van der Waals surface area contributed by atoms with E-state index in [0.29, 0.717) is 6.20 Å². The Hall–Kier alpha value is -2.91. The van der Waals surface area contributed by atoms with Crippen molar-refractivity contribution in [3.63, 3.8) is 0 Å². The first-order valence-corrected chi connectivity index (χ1v) is 6.68. The first-order valence-electron chi connectivity index (χ1n) is 6.68. The molecule has 2 N–H and O–H groups in total. The first-order chi connectivity index (χ1) is 11.1. The van der Waals surface area contributed by atoms with Gasteiger partial charge in [0.05, 0.1) is 18.3 Å². The third kappa shape index (κ3) is 3.70. The fraction of sp³-hybridized carbons (Fsp3) is 0.286. The maximum Gasteiger partial charge on any atom is 0.420 e. The van der Waals surface area contributed by atoms with Crippen LogP contribution in [0.3, 0.4) is 0 Å². The van der Waals surface area contributed by atoms with Crippen molar-refractivity contribution in [1.82, 2.24) is 19.7 Å². The van der Waals surface area contributed by atoms with Crippen molar-refractivity contribution in [2.45, 2.75) is 19.5 Å². The number of hydrogen-bond acceptors (Lipinski definition) is 4. The number of hydrogen-bond donors (Lipinski definition) is 2. The molecule has 0 saturated heterocycles. The Bertz CT molecular complexity index is 865. The second-order valence-corrected chi connectivity index (χ2v) is 4.98. The lowest BCUT2D eigenvalue weighted by Crippen LogP contribution is -2.20. The molecule has 0 saturated carbocycles. The second-order valence-electron chi connectivity index (χ2n) is 4.98. The molecule has 2 heterocycles. The standard InChI is InChI=1S/C14H13F3N4O3/c1-7-8(5-12(22)23)13(24)20-11(19-7)4-3-10-9(14(15,16)17)6-18-21(10)2/h3-4,6H,5H2,1-2H3,(H,22,23)(H,19,20,24)/b4-3+. The van der Waals surface area contributed by atoms with Crippen LogP contribution in [0.1, 0.15) is 28.3 Å². The summed E-state index contributed by atoms with van der Waals surface area (Å²) in [5.74, 6) is -1.17. The van der Waals surface area contributed by atoms with Crippen LogP contribution in [0, 0.1) is 6.92 Å². The first kappa shape index (κ1) is 17.4. The molecule has 0 bridgehead atoms. The van der Waals surface area contributed by atoms with E-state index < -0.39 is 29.7 Å². The molecule has 2 aromatic heterocycles. The number of carbonyl (C=O) groups is 1. The van der Waals surface area contributed by atoms with Gasteiger partial charge in [-0.3, -0.25) is 14.3 Å². The summed E-state index contributed by atoms with van der Waals surface area (Å²) < 4.78 is 39.7. The normalized spacial score (nSPS) is 12.0. The molecule has 0 aliphatic carbocycles. The predicted octanol–water partition coefficient (Wildman–Crippen LogP) is 1.63. The summed E-state index contributed by atoms with van der Waals surface area (Å²) in [5.41, 5.74) is -1.57. The third-order valence-corrected chi connectivity index (χ3v) is 3.26. The molecule has 0 atom stereocenters. The average molecular weight is 342 g/mol. The lowest BCUT2D eigenvalue weighted by Gasteiger charge is -2.06.